The predicted molar refractivity (Wildman–Crippen MR) is 92.0 cm³/mol. The third-order valence-corrected chi connectivity index (χ3v) is 3.89. The molecular formula is C18H25N3O. The Morgan fingerprint density at radius 2 is 1.86 bits per heavy atom. The van der Waals surface area contributed by atoms with Crippen molar-refractivity contribution in [1.82, 2.24) is 14.5 Å². The minimum Gasteiger partial charge on any atom is -0.390 e. The number of imidazole rings is 1. The molecule has 0 bridgehead atoms. The largest absolute Gasteiger partial charge is 0.390 e. The van der Waals surface area contributed by atoms with Gasteiger partial charge in [-0.25, -0.2) is 4.98 Å². The van der Waals surface area contributed by atoms with Gasteiger partial charge in [0, 0.05) is 19.6 Å². The van der Waals surface area contributed by atoms with Crippen LogP contribution in [0.4, 0.5) is 0 Å². The molecule has 0 aliphatic rings. The summed E-state index contributed by atoms with van der Waals surface area (Å²) < 4.78 is 2.02. The second-order valence-electron chi connectivity index (χ2n) is 5.77. The summed E-state index contributed by atoms with van der Waals surface area (Å²) in [5.74, 6) is 0. The van der Waals surface area contributed by atoms with Gasteiger partial charge in [0.15, 0.2) is 0 Å². The Kier molecular flexibility index (Phi) is 5.52. The van der Waals surface area contributed by atoms with Crippen LogP contribution in [0.15, 0.2) is 43.8 Å². The number of hydrogen-bond acceptors (Lipinski definition) is 3. The summed E-state index contributed by atoms with van der Waals surface area (Å²) in [4.78, 5) is 6.54. The van der Waals surface area contributed by atoms with Gasteiger partial charge in [-0.2, -0.15) is 0 Å². The minimum atomic E-state index is -0.459. The second kappa shape index (κ2) is 7.38. The highest BCUT2D eigenvalue weighted by Crippen LogP contribution is 2.18. The van der Waals surface area contributed by atoms with Crippen LogP contribution in [0.2, 0.25) is 0 Å². The third kappa shape index (κ3) is 3.84. The number of benzene rings is 1. The second-order valence-corrected chi connectivity index (χ2v) is 5.77. The lowest BCUT2D eigenvalue weighted by molar-refractivity contribution is 0.109. The van der Waals surface area contributed by atoms with Crippen molar-refractivity contribution in [3.8, 4) is 0 Å². The zero-order valence-electron chi connectivity index (χ0n) is 13.5. The Balaban J connectivity index is 2.11. The van der Waals surface area contributed by atoms with Crippen LogP contribution in [-0.4, -0.2) is 45.3 Å². The Labute approximate surface area is 132 Å². The Hall–Kier alpha value is -1.91. The summed E-state index contributed by atoms with van der Waals surface area (Å²) in [6, 6.07) is 4.23. The Bertz CT molecular complexity index is 650. The maximum atomic E-state index is 10.4. The van der Waals surface area contributed by atoms with Crippen LogP contribution < -0.4 is 0 Å². The van der Waals surface area contributed by atoms with Gasteiger partial charge in [-0.05, 0) is 37.1 Å². The highest BCUT2D eigenvalue weighted by atomic mass is 16.3. The molecule has 0 aliphatic heterocycles. The number of fused-ring (bicyclic) bond motifs is 1. The fraction of sp³-hybridized carbons (Fsp3) is 0.389. The Morgan fingerprint density at radius 3 is 2.50 bits per heavy atom. The average Bonchev–Trinajstić information content (AvgIpc) is 2.82. The SMILES string of the molecule is C=CCN(CC=C)CC(O)Cn1cnc2cc(C)c(C)cc21. The molecule has 0 saturated heterocycles. The number of aryl methyl sites for hydroxylation is 2. The number of nitrogens with zero attached hydrogens (tertiary/aromatic N) is 3. The molecule has 1 heterocycles. The van der Waals surface area contributed by atoms with E-state index in [0.717, 1.165) is 24.1 Å². The van der Waals surface area contributed by atoms with E-state index in [2.05, 4.69) is 49.0 Å². The smallest absolute Gasteiger partial charge is 0.0959 e. The number of rotatable bonds is 8. The molecule has 1 unspecified atom stereocenters. The molecule has 0 fully saturated rings. The van der Waals surface area contributed by atoms with E-state index in [0.29, 0.717) is 13.1 Å². The van der Waals surface area contributed by atoms with Gasteiger partial charge in [0.05, 0.1) is 30.0 Å². The normalized spacial score (nSPS) is 12.7. The van der Waals surface area contributed by atoms with E-state index < -0.39 is 6.10 Å². The van der Waals surface area contributed by atoms with E-state index in [1.165, 1.54) is 11.1 Å². The Morgan fingerprint density at radius 1 is 1.23 bits per heavy atom. The molecule has 1 N–H and O–H groups in total. The zero-order chi connectivity index (χ0) is 16.1. The first-order chi connectivity index (χ1) is 10.5. The first-order valence-electron chi connectivity index (χ1n) is 7.59. The van der Waals surface area contributed by atoms with Crippen LogP contribution in [0.5, 0.6) is 0 Å². The number of hydrogen-bond donors (Lipinski definition) is 1. The minimum absolute atomic E-state index is 0.459. The van der Waals surface area contributed by atoms with E-state index in [-0.39, 0.29) is 0 Å². The first-order valence-corrected chi connectivity index (χ1v) is 7.59. The van der Waals surface area contributed by atoms with Crippen molar-refractivity contribution < 1.29 is 5.11 Å². The summed E-state index contributed by atoms with van der Waals surface area (Å²) in [7, 11) is 0. The van der Waals surface area contributed by atoms with Crippen LogP contribution in [0, 0.1) is 13.8 Å². The van der Waals surface area contributed by atoms with Crippen molar-refractivity contribution in [1.29, 1.82) is 0 Å². The lowest BCUT2D eigenvalue weighted by Gasteiger charge is -2.22. The average molecular weight is 299 g/mol. The molecule has 2 aromatic rings. The third-order valence-electron chi connectivity index (χ3n) is 3.89. The molecule has 22 heavy (non-hydrogen) atoms. The van der Waals surface area contributed by atoms with Crippen LogP contribution in [-0.2, 0) is 6.54 Å². The van der Waals surface area contributed by atoms with Crippen LogP contribution >= 0.6 is 0 Å². The maximum Gasteiger partial charge on any atom is 0.0959 e. The fourth-order valence-corrected chi connectivity index (χ4v) is 2.63. The highest BCUT2D eigenvalue weighted by Gasteiger charge is 2.12. The van der Waals surface area contributed by atoms with E-state index in [1.807, 2.05) is 16.7 Å². The molecule has 2 rings (SSSR count). The molecule has 4 heteroatoms. The summed E-state index contributed by atoms with van der Waals surface area (Å²) in [5, 5.41) is 10.4. The molecule has 1 aromatic carbocycles. The van der Waals surface area contributed by atoms with Crippen molar-refractivity contribution in [2.24, 2.45) is 0 Å². The van der Waals surface area contributed by atoms with Crippen LogP contribution in [0.3, 0.4) is 0 Å². The highest BCUT2D eigenvalue weighted by molar-refractivity contribution is 5.77. The van der Waals surface area contributed by atoms with E-state index >= 15 is 0 Å². The quantitative estimate of drug-likeness (QED) is 0.762. The molecule has 1 aromatic heterocycles. The number of aliphatic hydroxyl groups excluding tert-OH is 1. The zero-order valence-corrected chi connectivity index (χ0v) is 13.5. The van der Waals surface area contributed by atoms with Crippen molar-refractivity contribution >= 4 is 11.0 Å². The standard InChI is InChI=1S/C18H25N3O/c1-5-7-20(8-6-2)11-16(22)12-21-13-19-17-9-14(3)15(4)10-18(17)21/h5-6,9-10,13,16,22H,1-2,7-8,11-12H2,3-4H3. The van der Waals surface area contributed by atoms with E-state index in [9.17, 15) is 5.11 Å². The molecule has 118 valence electrons. The van der Waals surface area contributed by atoms with Gasteiger partial charge >= 0.3 is 0 Å². The van der Waals surface area contributed by atoms with Gasteiger partial charge in [0.1, 0.15) is 0 Å². The summed E-state index contributed by atoms with van der Waals surface area (Å²) >= 11 is 0. The van der Waals surface area contributed by atoms with Gasteiger partial charge in [0.25, 0.3) is 0 Å². The van der Waals surface area contributed by atoms with Crippen molar-refractivity contribution in [2.45, 2.75) is 26.5 Å². The van der Waals surface area contributed by atoms with Crippen molar-refractivity contribution in [3.63, 3.8) is 0 Å². The summed E-state index contributed by atoms with van der Waals surface area (Å²) in [6.45, 7) is 14.3. The van der Waals surface area contributed by atoms with Gasteiger partial charge in [-0.15, -0.1) is 13.2 Å². The van der Waals surface area contributed by atoms with E-state index in [1.54, 1.807) is 6.33 Å². The number of aliphatic hydroxyl groups is 1. The fourth-order valence-electron chi connectivity index (χ4n) is 2.63. The predicted octanol–water partition coefficient (Wildman–Crippen LogP) is 2.69. The summed E-state index contributed by atoms with van der Waals surface area (Å²) in [5.41, 5.74) is 4.52. The van der Waals surface area contributed by atoms with Crippen LogP contribution in [0.1, 0.15) is 11.1 Å². The van der Waals surface area contributed by atoms with Crippen molar-refractivity contribution in [3.05, 3.63) is 54.9 Å². The van der Waals surface area contributed by atoms with Gasteiger partial charge in [0.2, 0.25) is 0 Å². The molecule has 0 saturated carbocycles. The van der Waals surface area contributed by atoms with Gasteiger partial charge < -0.3 is 9.67 Å². The molecule has 0 aliphatic carbocycles. The molecule has 1 atom stereocenters. The molecule has 0 radical (unpaired) electrons. The first kappa shape index (κ1) is 16.5. The molecule has 0 spiro atoms. The number of aromatic nitrogens is 2. The molecular weight excluding hydrogens is 274 g/mol. The lowest BCUT2D eigenvalue weighted by atomic mass is 10.1. The van der Waals surface area contributed by atoms with Gasteiger partial charge in [-0.1, -0.05) is 12.2 Å². The molecule has 0 amide bonds. The van der Waals surface area contributed by atoms with Crippen LogP contribution in [0.25, 0.3) is 11.0 Å². The van der Waals surface area contributed by atoms with Gasteiger partial charge in [-0.3, -0.25) is 4.90 Å². The maximum absolute atomic E-state index is 10.4. The lowest BCUT2D eigenvalue weighted by Crippen LogP contribution is -2.35. The molecule has 4 nitrogen and oxygen atoms in total. The van der Waals surface area contributed by atoms with E-state index in [4.69, 9.17) is 0 Å². The summed E-state index contributed by atoms with van der Waals surface area (Å²) in [6.07, 6.45) is 5.03. The topological polar surface area (TPSA) is 41.3 Å². The van der Waals surface area contributed by atoms with Crippen molar-refractivity contribution in [2.75, 3.05) is 19.6 Å². The monoisotopic (exact) mass is 299 g/mol.